The average molecular weight is 444 g/mol. The Bertz CT molecular complexity index is 1130. The maximum atomic E-state index is 12.6. The summed E-state index contributed by atoms with van der Waals surface area (Å²) in [6.07, 6.45) is -0.0685. The van der Waals surface area contributed by atoms with Crippen LogP contribution >= 0.6 is 23.4 Å². The number of hydrogen-bond donors (Lipinski definition) is 2. The number of carbonyl (C=O) groups excluding carboxylic acids is 1. The number of aromatic amines is 1. The third kappa shape index (κ3) is 5.43. The molecule has 156 valence electrons. The Kier molecular flexibility index (Phi) is 7.18. The number of H-pyrrole nitrogens is 1. The molecule has 0 fully saturated rings. The van der Waals surface area contributed by atoms with Crippen LogP contribution in [0, 0.1) is 13.8 Å². The molecule has 0 aliphatic heterocycles. The van der Waals surface area contributed by atoms with Crippen LogP contribution in [-0.2, 0) is 17.0 Å². The van der Waals surface area contributed by atoms with Crippen molar-refractivity contribution in [1.29, 1.82) is 0 Å². The monoisotopic (exact) mass is 443 g/mol. The number of hydrogen-bond acceptors (Lipinski definition) is 5. The quantitative estimate of drug-likeness (QED) is 0.414. The van der Waals surface area contributed by atoms with Gasteiger partial charge in [0.2, 0.25) is 5.91 Å². The molecule has 0 atom stereocenters. The van der Waals surface area contributed by atoms with Gasteiger partial charge in [0, 0.05) is 27.7 Å². The molecule has 3 aromatic rings. The van der Waals surface area contributed by atoms with Crippen molar-refractivity contribution in [3.05, 3.63) is 80.2 Å². The number of amides is 1. The van der Waals surface area contributed by atoms with Gasteiger partial charge in [-0.3, -0.25) is 9.59 Å². The second-order valence-corrected chi connectivity index (χ2v) is 8.08. The number of carbonyl (C=O) groups is 1. The van der Waals surface area contributed by atoms with Gasteiger partial charge in [-0.25, -0.2) is 4.98 Å². The van der Waals surface area contributed by atoms with Crippen LogP contribution in [0.1, 0.15) is 22.4 Å². The number of ether oxygens (including phenoxy) is 1. The standard InChI is InChI=1S/C22H22ClN3O3S/c1-13-18(23)8-5-9-19(13)25-20(27)11-17-14(2)24-22(26-21(17)28)30-12-15-6-4-7-16(10-15)29-3/h4-10H,11-12H2,1-3H3,(H,25,27)(H,24,26,28). The van der Waals surface area contributed by atoms with Crippen molar-refractivity contribution in [3.63, 3.8) is 0 Å². The first-order valence-electron chi connectivity index (χ1n) is 9.28. The third-order valence-electron chi connectivity index (χ3n) is 4.59. The molecule has 0 spiro atoms. The predicted molar refractivity (Wildman–Crippen MR) is 121 cm³/mol. The van der Waals surface area contributed by atoms with Crippen LogP contribution in [0.3, 0.4) is 0 Å². The molecule has 0 saturated heterocycles. The van der Waals surface area contributed by atoms with E-state index in [9.17, 15) is 9.59 Å². The van der Waals surface area contributed by atoms with E-state index in [2.05, 4.69) is 15.3 Å². The number of aryl methyl sites for hydroxylation is 1. The smallest absolute Gasteiger partial charge is 0.255 e. The van der Waals surface area contributed by atoms with Crippen molar-refractivity contribution in [2.24, 2.45) is 0 Å². The minimum absolute atomic E-state index is 0.0685. The fourth-order valence-electron chi connectivity index (χ4n) is 2.87. The fourth-order valence-corrected chi connectivity index (χ4v) is 3.90. The summed E-state index contributed by atoms with van der Waals surface area (Å²) in [6.45, 7) is 3.56. The van der Waals surface area contributed by atoms with E-state index in [1.54, 1.807) is 32.2 Å². The SMILES string of the molecule is COc1cccc(CSc2nc(C)c(CC(=O)Nc3cccc(Cl)c3C)c(=O)[nH]2)c1. The summed E-state index contributed by atoms with van der Waals surface area (Å²) >= 11 is 7.51. The van der Waals surface area contributed by atoms with Crippen molar-refractivity contribution < 1.29 is 9.53 Å². The largest absolute Gasteiger partial charge is 0.497 e. The molecular weight excluding hydrogens is 422 g/mol. The molecule has 1 heterocycles. The Morgan fingerprint density at radius 1 is 1.23 bits per heavy atom. The Morgan fingerprint density at radius 3 is 2.73 bits per heavy atom. The van der Waals surface area contributed by atoms with Crippen LogP contribution in [0.4, 0.5) is 5.69 Å². The van der Waals surface area contributed by atoms with Gasteiger partial charge in [-0.05, 0) is 49.2 Å². The summed E-state index contributed by atoms with van der Waals surface area (Å²) in [7, 11) is 1.62. The molecule has 0 radical (unpaired) electrons. The maximum absolute atomic E-state index is 12.6. The number of anilines is 1. The minimum atomic E-state index is -0.311. The van der Waals surface area contributed by atoms with E-state index in [0.717, 1.165) is 16.9 Å². The second kappa shape index (κ2) is 9.82. The highest BCUT2D eigenvalue weighted by atomic mass is 35.5. The molecule has 1 amide bonds. The average Bonchev–Trinajstić information content (AvgIpc) is 2.72. The zero-order chi connectivity index (χ0) is 21.7. The Labute approximate surface area is 184 Å². The van der Waals surface area contributed by atoms with Crippen LogP contribution in [0.25, 0.3) is 0 Å². The highest BCUT2D eigenvalue weighted by Crippen LogP contribution is 2.24. The number of halogens is 1. The maximum Gasteiger partial charge on any atom is 0.255 e. The van der Waals surface area contributed by atoms with E-state index in [0.29, 0.717) is 32.9 Å². The Hall–Kier alpha value is -2.77. The van der Waals surface area contributed by atoms with E-state index in [-0.39, 0.29) is 17.9 Å². The summed E-state index contributed by atoms with van der Waals surface area (Å²) in [5, 5.41) is 3.88. The molecule has 0 saturated carbocycles. The first-order valence-corrected chi connectivity index (χ1v) is 10.6. The van der Waals surface area contributed by atoms with Crippen molar-refractivity contribution in [2.45, 2.75) is 31.2 Å². The number of rotatable bonds is 7. The zero-order valence-electron chi connectivity index (χ0n) is 16.9. The number of nitrogens with one attached hydrogen (secondary N) is 2. The highest BCUT2D eigenvalue weighted by Gasteiger charge is 2.14. The van der Waals surface area contributed by atoms with Crippen molar-refractivity contribution >= 4 is 35.0 Å². The zero-order valence-corrected chi connectivity index (χ0v) is 18.5. The number of methoxy groups -OCH3 is 1. The molecule has 2 N–H and O–H groups in total. The van der Waals surface area contributed by atoms with Gasteiger partial charge in [-0.1, -0.05) is 41.6 Å². The molecule has 3 rings (SSSR count). The lowest BCUT2D eigenvalue weighted by atomic mass is 10.1. The van der Waals surface area contributed by atoms with Crippen LogP contribution in [0.15, 0.2) is 52.4 Å². The lowest BCUT2D eigenvalue weighted by molar-refractivity contribution is -0.115. The normalized spacial score (nSPS) is 10.7. The first-order chi connectivity index (χ1) is 14.4. The number of nitrogens with zero attached hydrogens (tertiary/aromatic N) is 1. The van der Waals surface area contributed by atoms with Gasteiger partial charge in [0.25, 0.3) is 5.56 Å². The summed E-state index contributed by atoms with van der Waals surface area (Å²) < 4.78 is 5.23. The van der Waals surface area contributed by atoms with Gasteiger partial charge in [-0.15, -0.1) is 0 Å². The molecule has 8 heteroatoms. The minimum Gasteiger partial charge on any atom is -0.497 e. The molecule has 0 aliphatic carbocycles. The Balaban J connectivity index is 1.69. The van der Waals surface area contributed by atoms with Gasteiger partial charge in [0.05, 0.1) is 13.5 Å². The molecule has 6 nitrogen and oxygen atoms in total. The molecule has 0 unspecified atom stereocenters. The van der Waals surface area contributed by atoms with Gasteiger partial charge < -0.3 is 15.0 Å². The van der Waals surface area contributed by atoms with E-state index in [1.165, 1.54) is 11.8 Å². The number of benzene rings is 2. The summed E-state index contributed by atoms with van der Waals surface area (Å²) in [5.41, 5.74) is 3.02. The van der Waals surface area contributed by atoms with Gasteiger partial charge >= 0.3 is 0 Å². The van der Waals surface area contributed by atoms with E-state index >= 15 is 0 Å². The van der Waals surface area contributed by atoms with E-state index in [4.69, 9.17) is 16.3 Å². The molecule has 30 heavy (non-hydrogen) atoms. The lowest BCUT2D eigenvalue weighted by Gasteiger charge is -2.11. The topological polar surface area (TPSA) is 84.1 Å². The van der Waals surface area contributed by atoms with Gasteiger partial charge in [0.1, 0.15) is 5.75 Å². The fraction of sp³-hybridized carbons (Fsp3) is 0.227. The van der Waals surface area contributed by atoms with Crippen LogP contribution in [0.2, 0.25) is 5.02 Å². The summed E-state index contributed by atoms with van der Waals surface area (Å²) in [4.78, 5) is 32.2. The van der Waals surface area contributed by atoms with Crippen LogP contribution < -0.4 is 15.6 Å². The first kappa shape index (κ1) is 21.9. The van der Waals surface area contributed by atoms with Crippen LogP contribution in [-0.4, -0.2) is 23.0 Å². The lowest BCUT2D eigenvalue weighted by Crippen LogP contribution is -2.24. The van der Waals surface area contributed by atoms with Gasteiger partial charge in [-0.2, -0.15) is 0 Å². The molecule has 0 bridgehead atoms. The third-order valence-corrected chi connectivity index (χ3v) is 5.94. The van der Waals surface area contributed by atoms with E-state index in [1.807, 2.05) is 31.2 Å². The molecule has 2 aromatic carbocycles. The van der Waals surface area contributed by atoms with Crippen molar-refractivity contribution in [3.8, 4) is 5.75 Å². The van der Waals surface area contributed by atoms with Crippen molar-refractivity contribution in [1.82, 2.24) is 9.97 Å². The van der Waals surface area contributed by atoms with Gasteiger partial charge in [0.15, 0.2) is 5.16 Å². The summed E-state index contributed by atoms with van der Waals surface area (Å²) in [6, 6.07) is 13.0. The predicted octanol–water partition coefficient (Wildman–Crippen LogP) is 4.52. The summed E-state index contributed by atoms with van der Waals surface area (Å²) in [5.74, 6) is 1.11. The highest BCUT2D eigenvalue weighted by molar-refractivity contribution is 7.98. The van der Waals surface area contributed by atoms with E-state index < -0.39 is 0 Å². The Morgan fingerprint density at radius 2 is 2.00 bits per heavy atom. The molecular formula is C22H22ClN3O3S. The van der Waals surface area contributed by atoms with Crippen LogP contribution in [0.5, 0.6) is 5.75 Å². The second-order valence-electron chi connectivity index (χ2n) is 6.71. The van der Waals surface area contributed by atoms with Crippen molar-refractivity contribution in [2.75, 3.05) is 12.4 Å². The molecule has 1 aromatic heterocycles. The number of aromatic nitrogens is 2. The molecule has 0 aliphatic rings. The number of thioether (sulfide) groups is 1.